The summed E-state index contributed by atoms with van der Waals surface area (Å²) in [6.07, 6.45) is 3.85. The van der Waals surface area contributed by atoms with Crippen LogP contribution in [0, 0.1) is 11.8 Å². The summed E-state index contributed by atoms with van der Waals surface area (Å²) >= 11 is 0. The van der Waals surface area contributed by atoms with Gasteiger partial charge in [-0.3, -0.25) is 4.79 Å². The van der Waals surface area contributed by atoms with Crippen LogP contribution in [0.1, 0.15) is 33.1 Å². The molecule has 0 N–H and O–H groups in total. The van der Waals surface area contributed by atoms with Gasteiger partial charge in [-0.25, -0.2) is 0 Å². The minimum Gasteiger partial charge on any atom is -0.300 e. The second-order valence-corrected chi connectivity index (χ2v) is 3.19. The van der Waals surface area contributed by atoms with Gasteiger partial charge in [-0.05, 0) is 19.3 Å². The lowest BCUT2D eigenvalue weighted by molar-refractivity contribution is -0.120. The van der Waals surface area contributed by atoms with E-state index in [1.165, 1.54) is 12.8 Å². The second kappa shape index (κ2) is 2.51. The topological polar surface area (TPSA) is 17.1 Å². The Hall–Kier alpha value is -0.330. The van der Waals surface area contributed by atoms with E-state index in [0.29, 0.717) is 11.7 Å². The van der Waals surface area contributed by atoms with E-state index in [-0.39, 0.29) is 0 Å². The molecule has 0 spiro atoms. The molecule has 0 radical (unpaired) electrons. The van der Waals surface area contributed by atoms with Crippen LogP contribution in [0.3, 0.4) is 0 Å². The standard InChI is InChI=1S/C8H14O/c1-6(7(2)9)5-8-3-4-8/h6,8H,3-5H2,1-2H3. The second-order valence-electron chi connectivity index (χ2n) is 3.19. The zero-order valence-electron chi connectivity index (χ0n) is 6.18. The first-order chi connectivity index (χ1) is 4.20. The Bertz CT molecular complexity index is 114. The Morgan fingerprint density at radius 1 is 1.67 bits per heavy atom. The Balaban J connectivity index is 2.16. The van der Waals surface area contributed by atoms with Crippen molar-refractivity contribution in [2.24, 2.45) is 11.8 Å². The van der Waals surface area contributed by atoms with Crippen LogP contribution in [0.5, 0.6) is 0 Å². The molecule has 0 heterocycles. The third-order valence-corrected chi connectivity index (χ3v) is 2.08. The van der Waals surface area contributed by atoms with Crippen LogP contribution in [0.2, 0.25) is 0 Å². The van der Waals surface area contributed by atoms with Gasteiger partial charge in [0.2, 0.25) is 0 Å². The summed E-state index contributed by atoms with van der Waals surface area (Å²) in [6, 6.07) is 0. The fraction of sp³-hybridized carbons (Fsp3) is 0.875. The van der Waals surface area contributed by atoms with Crippen molar-refractivity contribution in [1.82, 2.24) is 0 Å². The summed E-state index contributed by atoms with van der Waals surface area (Å²) in [6.45, 7) is 3.72. The van der Waals surface area contributed by atoms with Crippen LogP contribution >= 0.6 is 0 Å². The summed E-state index contributed by atoms with van der Waals surface area (Å²) in [4.78, 5) is 10.7. The highest BCUT2D eigenvalue weighted by Gasteiger charge is 2.24. The van der Waals surface area contributed by atoms with Gasteiger partial charge in [-0.15, -0.1) is 0 Å². The van der Waals surface area contributed by atoms with Crippen LogP contribution < -0.4 is 0 Å². The lowest BCUT2D eigenvalue weighted by Crippen LogP contribution is -2.06. The maximum absolute atomic E-state index is 10.7. The number of hydrogen-bond acceptors (Lipinski definition) is 1. The quantitative estimate of drug-likeness (QED) is 0.565. The molecule has 0 bridgehead atoms. The molecule has 0 aromatic rings. The maximum atomic E-state index is 10.7. The number of ketones is 1. The van der Waals surface area contributed by atoms with E-state index in [9.17, 15) is 4.79 Å². The van der Waals surface area contributed by atoms with Crippen LogP contribution in [0.25, 0.3) is 0 Å². The molecule has 0 aromatic carbocycles. The smallest absolute Gasteiger partial charge is 0.132 e. The van der Waals surface area contributed by atoms with E-state index in [4.69, 9.17) is 0 Å². The van der Waals surface area contributed by atoms with Crippen LogP contribution in [-0.4, -0.2) is 5.78 Å². The lowest BCUT2D eigenvalue weighted by Gasteiger charge is -2.03. The third kappa shape index (κ3) is 2.17. The first-order valence-corrected chi connectivity index (χ1v) is 3.70. The molecule has 0 saturated heterocycles. The summed E-state index contributed by atoms with van der Waals surface area (Å²) in [5, 5.41) is 0. The van der Waals surface area contributed by atoms with E-state index >= 15 is 0 Å². The molecular formula is C8H14O. The fourth-order valence-electron chi connectivity index (χ4n) is 1.02. The number of carbonyl (C=O) groups is 1. The normalized spacial score (nSPS) is 21.6. The molecule has 9 heavy (non-hydrogen) atoms. The van der Waals surface area contributed by atoms with Crippen molar-refractivity contribution in [3.63, 3.8) is 0 Å². The van der Waals surface area contributed by atoms with Crippen molar-refractivity contribution in [3.8, 4) is 0 Å². The van der Waals surface area contributed by atoms with E-state index in [2.05, 4.69) is 0 Å². The first-order valence-electron chi connectivity index (χ1n) is 3.70. The summed E-state index contributed by atoms with van der Waals surface area (Å²) < 4.78 is 0. The van der Waals surface area contributed by atoms with Crippen molar-refractivity contribution in [2.75, 3.05) is 0 Å². The van der Waals surface area contributed by atoms with E-state index < -0.39 is 0 Å². The van der Waals surface area contributed by atoms with E-state index in [1.54, 1.807) is 6.92 Å². The molecule has 1 saturated carbocycles. The number of carbonyl (C=O) groups excluding carboxylic acids is 1. The molecule has 52 valence electrons. The highest BCUT2D eigenvalue weighted by Crippen LogP contribution is 2.35. The zero-order valence-corrected chi connectivity index (χ0v) is 6.18. The largest absolute Gasteiger partial charge is 0.300 e. The maximum Gasteiger partial charge on any atom is 0.132 e. The molecule has 1 unspecified atom stereocenters. The predicted molar refractivity (Wildman–Crippen MR) is 37.2 cm³/mol. The van der Waals surface area contributed by atoms with Crippen LogP contribution in [0.15, 0.2) is 0 Å². The van der Waals surface area contributed by atoms with Gasteiger partial charge in [0.05, 0.1) is 0 Å². The lowest BCUT2D eigenvalue weighted by atomic mass is 10.0. The first kappa shape index (κ1) is 6.79. The highest BCUT2D eigenvalue weighted by atomic mass is 16.1. The Labute approximate surface area is 56.4 Å². The minimum atomic E-state index is 0.317. The van der Waals surface area contributed by atoms with Crippen molar-refractivity contribution >= 4 is 5.78 Å². The number of hydrogen-bond donors (Lipinski definition) is 0. The summed E-state index contributed by atoms with van der Waals surface area (Å²) in [7, 11) is 0. The molecule has 1 fully saturated rings. The fourth-order valence-corrected chi connectivity index (χ4v) is 1.02. The Kier molecular flexibility index (Phi) is 1.89. The Morgan fingerprint density at radius 3 is 2.56 bits per heavy atom. The average Bonchev–Trinajstić information content (AvgIpc) is 2.50. The molecule has 1 atom stereocenters. The zero-order chi connectivity index (χ0) is 6.85. The monoisotopic (exact) mass is 126 g/mol. The highest BCUT2D eigenvalue weighted by molar-refractivity contribution is 5.77. The molecule has 1 aliphatic rings. The Morgan fingerprint density at radius 2 is 2.22 bits per heavy atom. The number of rotatable bonds is 3. The van der Waals surface area contributed by atoms with Gasteiger partial charge in [-0.1, -0.05) is 19.8 Å². The molecule has 1 heteroatoms. The molecule has 0 aromatic heterocycles. The van der Waals surface area contributed by atoms with Crippen LogP contribution in [0.4, 0.5) is 0 Å². The average molecular weight is 126 g/mol. The van der Waals surface area contributed by atoms with Crippen molar-refractivity contribution < 1.29 is 4.79 Å². The van der Waals surface area contributed by atoms with Gasteiger partial charge >= 0.3 is 0 Å². The van der Waals surface area contributed by atoms with Crippen LogP contribution in [-0.2, 0) is 4.79 Å². The molecular weight excluding hydrogens is 112 g/mol. The number of Topliss-reactive ketones (excluding diaryl/α,β-unsaturated/α-hetero) is 1. The molecule has 1 nitrogen and oxygen atoms in total. The third-order valence-electron chi connectivity index (χ3n) is 2.08. The molecule has 0 aliphatic heterocycles. The van der Waals surface area contributed by atoms with Gasteiger partial charge in [0, 0.05) is 5.92 Å². The van der Waals surface area contributed by atoms with E-state index in [0.717, 1.165) is 12.3 Å². The summed E-state index contributed by atoms with van der Waals surface area (Å²) in [5.41, 5.74) is 0. The van der Waals surface area contributed by atoms with Gasteiger partial charge in [0.15, 0.2) is 0 Å². The summed E-state index contributed by atoms with van der Waals surface area (Å²) in [5.74, 6) is 1.56. The van der Waals surface area contributed by atoms with Crippen molar-refractivity contribution in [1.29, 1.82) is 0 Å². The molecule has 1 aliphatic carbocycles. The van der Waals surface area contributed by atoms with Gasteiger partial charge < -0.3 is 0 Å². The molecule has 1 rings (SSSR count). The SMILES string of the molecule is CC(=O)C(C)CC1CC1. The molecule has 0 amide bonds. The van der Waals surface area contributed by atoms with Gasteiger partial charge in [-0.2, -0.15) is 0 Å². The predicted octanol–water partition coefficient (Wildman–Crippen LogP) is 2.01. The van der Waals surface area contributed by atoms with E-state index in [1.807, 2.05) is 6.92 Å². The van der Waals surface area contributed by atoms with Gasteiger partial charge in [0.1, 0.15) is 5.78 Å². The van der Waals surface area contributed by atoms with Gasteiger partial charge in [0.25, 0.3) is 0 Å². The van der Waals surface area contributed by atoms with Crippen molar-refractivity contribution in [2.45, 2.75) is 33.1 Å². The minimum absolute atomic E-state index is 0.317. The van der Waals surface area contributed by atoms with Crippen molar-refractivity contribution in [3.05, 3.63) is 0 Å².